The first-order chi connectivity index (χ1) is 11.5. The number of hydrogen-bond acceptors (Lipinski definition) is 5. The van der Waals surface area contributed by atoms with Gasteiger partial charge >= 0.3 is 5.97 Å². The Balaban J connectivity index is 1.93. The third-order valence-electron chi connectivity index (χ3n) is 3.24. The standard InChI is InChI=1S/C17H20N2O4S/c1-11(2)15-9-14(19-23-15)17(22)18-13-5-3-4-12(8-13)10-24-7-6-16(20)21/h3-5,8-9,11H,6-7,10H2,1-2H3,(H,18,22)(H,20,21). The van der Waals surface area contributed by atoms with E-state index in [1.807, 2.05) is 32.0 Å². The smallest absolute Gasteiger partial charge is 0.304 e. The van der Waals surface area contributed by atoms with Crippen LogP contribution in [0.1, 0.15) is 48.0 Å². The van der Waals surface area contributed by atoms with Crippen molar-refractivity contribution in [2.75, 3.05) is 11.1 Å². The topological polar surface area (TPSA) is 92.4 Å². The molecule has 0 spiro atoms. The Morgan fingerprint density at radius 3 is 2.79 bits per heavy atom. The zero-order chi connectivity index (χ0) is 17.5. The SMILES string of the molecule is CC(C)c1cc(C(=O)Nc2cccc(CSCCC(=O)O)c2)no1. The van der Waals surface area contributed by atoms with Gasteiger partial charge in [0.15, 0.2) is 5.69 Å². The van der Waals surface area contributed by atoms with Crippen LogP contribution >= 0.6 is 11.8 Å². The van der Waals surface area contributed by atoms with Crippen molar-refractivity contribution < 1.29 is 19.2 Å². The first-order valence-electron chi connectivity index (χ1n) is 7.62. The number of carboxylic acid groups (broad SMARTS) is 1. The predicted molar refractivity (Wildman–Crippen MR) is 93.4 cm³/mol. The molecule has 0 aliphatic carbocycles. The zero-order valence-electron chi connectivity index (χ0n) is 13.6. The molecule has 0 radical (unpaired) electrons. The van der Waals surface area contributed by atoms with Crippen LogP contribution in [0.25, 0.3) is 0 Å². The van der Waals surface area contributed by atoms with E-state index in [1.165, 1.54) is 0 Å². The van der Waals surface area contributed by atoms with Crippen molar-refractivity contribution in [2.24, 2.45) is 0 Å². The van der Waals surface area contributed by atoms with Gasteiger partial charge < -0.3 is 14.9 Å². The van der Waals surface area contributed by atoms with Crippen LogP contribution in [0.2, 0.25) is 0 Å². The summed E-state index contributed by atoms with van der Waals surface area (Å²) in [6, 6.07) is 9.11. The van der Waals surface area contributed by atoms with E-state index in [2.05, 4.69) is 10.5 Å². The van der Waals surface area contributed by atoms with Crippen molar-refractivity contribution in [3.63, 3.8) is 0 Å². The number of anilines is 1. The lowest BCUT2D eigenvalue weighted by Crippen LogP contribution is -2.12. The van der Waals surface area contributed by atoms with Crippen LogP contribution < -0.4 is 5.32 Å². The third kappa shape index (κ3) is 5.42. The molecule has 24 heavy (non-hydrogen) atoms. The molecular formula is C17H20N2O4S. The maximum Gasteiger partial charge on any atom is 0.304 e. The van der Waals surface area contributed by atoms with Crippen LogP contribution in [0.5, 0.6) is 0 Å². The van der Waals surface area contributed by atoms with Crippen LogP contribution in [0.4, 0.5) is 5.69 Å². The molecule has 2 N–H and O–H groups in total. The average Bonchev–Trinajstić information content (AvgIpc) is 3.02. The van der Waals surface area contributed by atoms with Crippen LogP contribution in [0.3, 0.4) is 0 Å². The second-order valence-corrected chi connectivity index (χ2v) is 6.73. The zero-order valence-corrected chi connectivity index (χ0v) is 14.4. The number of rotatable bonds is 8. The normalized spacial score (nSPS) is 10.8. The molecule has 7 heteroatoms. The van der Waals surface area contributed by atoms with Gasteiger partial charge in [0.1, 0.15) is 5.76 Å². The molecule has 6 nitrogen and oxygen atoms in total. The van der Waals surface area contributed by atoms with E-state index in [0.717, 1.165) is 5.56 Å². The molecule has 1 aromatic carbocycles. The number of carbonyl (C=O) groups excluding carboxylic acids is 1. The van der Waals surface area contributed by atoms with E-state index < -0.39 is 5.97 Å². The highest BCUT2D eigenvalue weighted by molar-refractivity contribution is 7.98. The van der Waals surface area contributed by atoms with E-state index >= 15 is 0 Å². The maximum absolute atomic E-state index is 12.2. The molecule has 2 aromatic rings. The van der Waals surface area contributed by atoms with Crippen molar-refractivity contribution >= 4 is 29.3 Å². The summed E-state index contributed by atoms with van der Waals surface area (Å²) in [6.07, 6.45) is 0.144. The summed E-state index contributed by atoms with van der Waals surface area (Å²) < 4.78 is 5.13. The lowest BCUT2D eigenvalue weighted by molar-refractivity contribution is -0.136. The first kappa shape index (κ1) is 18.1. The fourth-order valence-corrected chi connectivity index (χ4v) is 2.83. The van der Waals surface area contributed by atoms with Crippen LogP contribution in [0.15, 0.2) is 34.9 Å². The van der Waals surface area contributed by atoms with Crippen molar-refractivity contribution in [3.8, 4) is 0 Å². The van der Waals surface area contributed by atoms with Crippen molar-refractivity contribution in [2.45, 2.75) is 31.9 Å². The summed E-state index contributed by atoms with van der Waals surface area (Å²) in [5.41, 5.74) is 1.94. The molecule has 0 saturated heterocycles. The number of aromatic nitrogens is 1. The highest BCUT2D eigenvalue weighted by Crippen LogP contribution is 2.19. The van der Waals surface area contributed by atoms with Crippen molar-refractivity contribution in [1.29, 1.82) is 0 Å². The van der Waals surface area contributed by atoms with Gasteiger partial charge in [0, 0.05) is 29.2 Å². The fraction of sp³-hybridized carbons (Fsp3) is 0.353. The van der Waals surface area contributed by atoms with E-state index in [4.69, 9.17) is 9.63 Å². The number of carbonyl (C=O) groups is 2. The number of aliphatic carboxylic acids is 1. The molecule has 0 aliphatic rings. The summed E-state index contributed by atoms with van der Waals surface area (Å²) in [5.74, 6) is 0.980. The number of thioether (sulfide) groups is 1. The summed E-state index contributed by atoms with van der Waals surface area (Å²) in [4.78, 5) is 22.7. The highest BCUT2D eigenvalue weighted by Gasteiger charge is 2.14. The number of amides is 1. The number of nitrogens with one attached hydrogen (secondary N) is 1. The Bertz CT molecular complexity index is 712. The molecule has 1 aromatic heterocycles. The van der Waals surface area contributed by atoms with E-state index in [1.54, 1.807) is 23.9 Å². The lowest BCUT2D eigenvalue weighted by Gasteiger charge is -2.06. The summed E-state index contributed by atoms with van der Waals surface area (Å²) >= 11 is 1.54. The minimum Gasteiger partial charge on any atom is -0.481 e. The molecular weight excluding hydrogens is 328 g/mol. The van der Waals surface area contributed by atoms with Gasteiger partial charge in [-0.25, -0.2) is 0 Å². The first-order valence-corrected chi connectivity index (χ1v) is 8.77. The Morgan fingerprint density at radius 1 is 1.33 bits per heavy atom. The largest absolute Gasteiger partial charge is 0.481 e. The van der Waals surface area contributed by atoms with Gasteiger partial charge in [-0.15, -0.1) is 0 Å². The number of carboxylic acids is 1. The van der Waals surface area contributed by atoms with Crippen LogP contribution in [-0.4, -0.2) is 27.9 Å². The highest BCUT2D eigenvalue weighted by atomic mass is 32.2. The third-order valence-corrected chi connectivity index (χ3v) is 4.27. The summed E-state index contributed by atoms with van der Waals surface area (Å²) in [5, 5.41) is 15.2. The van der Waals surface area contributed by atoms with Gasteiger partial charge in [0.2, 0.25) is 0 Å². The second-order valence-electron chi connectivity index (χ2n) is 5.62. The van der Waals surface area contributed by atoms with E-state index in [9.17, 15) is 9.59 Å². The molecule has 0 saturated carbocycles. The van der Waals surface area contributed by atoms with Crippen molar-refractivity contribution in [1.82, 2.24) is 5.16 Å². The van der Waals surface area contributed by atoms with Gasteiger partial charge in [-0.3, -0.25) is 9.59 Å². The minimum absolute atomic E-state index is 0.144. The molecule has 2 rings (SSSR count). The van der Waals surface area contributed by atoms with Gasteiger partial charge in [-0.05, 0) is 17.7 Å². The number of hydrogen-bond donors (Lipinski definition) is 2. The second kappa shape index (κ2) is 8.54. The molecule has 0 bridgehead atoms. The van der Waals surface area contributed by atoms with E-state index in [-0.39, 0.29) is 23.9 Å². The minimum atomic E-state index is -0.795. The maximum atomic E-state index is 12.2. The molecule has 0 aliphatic heterocycles. The Hall–Kier alpha value is -2.28. The van der Waals surface area contributed by atoms with Crippen LogP contribution in [-0.2, 0) is 10.5 Å². The molecule has 1 heterocycles. The summed E-state index contributed by atoms with van der Waals surface area (Å²) in [6.45, 7) is 3.93. The molecule has 128 valence electrons. The Labute approximate surface area is 144 Å². The Morgan fingerprint density at radius 2 is 2.12 bits per heavy atom. The average molecular weight is 348 g/mol. The van der Waals surface area contributed by atoms with E-state index in [0.29, 0.717) is 23.0 Å². The number of nitrogens with zero attached hydrogens (tertiary/aromatic N) is 1. The molecule has 1 amide bonds. The van der Waals surface area contributed by atoms with Gasteiger partial charge in [-0.1, -0.05) is 31.1 Å². The number of benzene rings is 1. The molecule has 0 fully saturated rings. The predicted octanol–water partition coefficient (Wildman–Crippen LogP) is 3.76. The fourth-order valence-electron chi connectivity index (χ4n) is 1.95. The van der Waals surface area contributed by atoms with Crippen LogP contribution in [0, 0.1) is 0 Å². The Kier molecular flexibility index (Phi) is 6.43. The van der Waals surface area contributed by atoms with Gasteiger partial charge in [0.05, 0.1) is 6.42 Å². The monoisotopic (exact) mass is 348 g/mol. The molecule has 0 atom stereocenters. The van der Waals surface area contributed by atoms with Crippen molar-refractivity contribution in [3.05, 3.63) is 47.3 Å². The lowest BCUT2D eigenvalue weighted by atomic mass is 10.1. The van der Waals surface area contributed by atoms with Gasteiger partial charge in [0.25, 0.3) is 5.91 Å². The quantitative estimate of drug-likeness (QED) is 0.706. The summed E-state index contributed by atoms with van der Waals surface area (Å²) in [7, 11) is 0. The van der Waals surface area contributed by atoms with Gasteiger partial charge in [-0.2, -0.15) is 11.8 Å². The molecule has 0 unspecified atom stereocenters.